The van der Waals surface area contributed by atoms with E-state index in [9.17, 15) is 0 Å². The van der Waals surface area contributed by atoms with Crippen molar-refractivity contribution in [3.8, 4) is 0 Å². The number of nitrogens with zero attached hydrogens (tertiary/aromatic N) is 2. The Morgan fingerprint density at radius 2 is 0.635 bits per heavy atom. The Labute approximate surface area is 424 Å². The summed E-state index contributed by atoms with van der Waals surface area (Å²) in [5.74, 6) is -0.0734. The Kier molecular flexibility index (Phi) is 7.95. The first-order valence-electron chi connectivity index (χ1n) is 25.8. The molecule has 0 N–H and O–H groups in total. The molecule has 4 heteroatoms. The van der Waals surface area contributed by atoms with Gasteiger partial charge in [-0.25, -0.2) is 0 Å². The SMILES string of the molecule is Cc1ccccc1C(c1ccc2c(c1)c1cccc3c4cc5c(cc4n2c13)c1cccc2c3cc(C(c4ccccc4C)c4cccc6c4oc4ccccc46)ccc3n5c21)c1cccc2c1oc1ccccc12. The number of furan rings is 2. The zero-order valence-electron chi connectivity index (χ0n) is 40.7. The molecule has 11 aromatic carbocycles. The molecule has 346 valence electrons. The lowest BCUT2D eigenvalue weighted by atomic mass is 9.82. The molecule has 0 aliphatic heterocycles. The molecule has 17 rings (SSSR count). The fourth-order valence-electron chi connectivity index (χ4n) is 13.7. The van der Waals surface area contributed by atoms with Crippen LogP contribution in [0.15, 0.2) is 227 Å². The summed E-state index contributed by atoms with van der Waals surface area (Å²) < 4.78 is 18.5. The smallest absolute Gasteiger partial charge is 0.139 e. The first-order valence-corrected chi connectivity index (χ1v) is 25.8. The lowest BCUT2D eigenvalue weighted by Crippen LogP contribution is -2.06. The number of aryl methyl sites for hydroxylation is 2. The average molecular weight is 945 g/mol. The van der Waals surface area contributed by atoms with Crippen LogP contribution in [0.25, 0.3) is 120 Å². The molecule has 6 aromatic heterocycles. The van der Waals surface area contributed by atoms with E-state index in [0.717, 1.165) is 43.9 Å². The molecule has 0 saturated heterocycles. The number of fused-ring (bicyclic) bond motifs is 18. The van der Waals surface area contributed by atoms with Crippen LogP contribution >= 0.6 is 0 Å². The van der Waals surface area contributed by atoms with E-state index >= 15 is 0 Å². The lowest BCUT2D eigenvalue weighted by Gasteiger charge is -2.21. The molecule has 2 unspecified atom stereocenters. The minimum absolute atomic E-state index is 0.0367. The van der Waals surface area contributed by atoms with E-state index in [-0.39, 0.29) is 11.8 Å². The highest BCUT2D eigenvalue weighted by Crippen LogP contribution is 2.48. The summed E-state index contributed by atoms with van der Waals surface area (Å²) in [7, 11) is 0. The second-order valence-corrected chi connectivity index (χ2v) is 20.7. The van der Waals surface area contributed by atoms with Crippen molar-refractivity contribution in [2.24, 2.45) is 0 Å². The van der Waals surface area contributed by atoms with E-state index in [0.29, 0.717) is 0 Å². The van der Waals surface area contributed by atoms with Crippen LogP contribution < -0.4 is 0 Å². The van der Waals surface area contributed by atoms with Crippen molar-refractivity contribution in [2.45, 2.75) is 25.7 Å². The Bertz CT molecular complexity index is 4870. The number of para-hydroxylation sites is 6. The van der Waals surface area contributed by atoms with Crippen LogP contribution in [0.1, 0.15) is 56.3 Å². The number of hydrogen-bond acceptors (Lipinski definition) is 2. The van der Waals surface area contributed by atoms with Crippen LogP contribution in [0.3, 0.4) is 0 Å². The van der Waals surface area contributed by atoms with E-state index < -0.39 is 0 Å². The van der Waals surface area contributed by atoms with Gasteiger partial charge in [0.2, 0.25) is 0 Å². The minimum Gasteiger partial charge on any atom is -0.456 e. The summed E-state index contributed by atoms with van der Waals surface area (Å²) in [4.78, 5) is 0. The van der Waals surface area contributed by atoms with Crippen LogP contribution in [0.2, 0.25) is 0 Å². The summed E-state index contributed by atoms with van der Waals surface area (Å²) in [6, 6.07) is 80.9. The maximum Gasteiger partial charge on any atom is 0.139 e. The van der Waals surface area contributed by atoms with Gasteiger partial charge in [0, 0.05) is 87.6 Å². The zero-order chi connectivity index (χ0) is 48.5. The van der Waals surface area contributed by atoms with Crippen LogP contribution in [0.5, 0.6) is 0 Å². The van der Waals surface area contributed by atoms with Crippen LogP contribution in [0.4, 0.5) is 0 Å². The second-order valence-electron chi connectivity index (χ2n) is 20.7. The number of rotatable bonds is 6. The maximum absolute atomic E-state index is 6.74. The number of aromatic nitrogens is 2. The molecule has 0 saturated carbocycles. The Morgan fingerprint density at radius 3 is 1.08 bits per heavy atom. The van der Waals surface area contributed by atoms with Gasteiger partial charge in [-0.3, -0.25) is 0 Å². The van der Waals surface area contributed by atoms with Crippen LogP contribution in [0, 0.1) is 13.8 Å². The van der Waals surface area contributed by atoms with Gasteiger partial charge in [-0.15, -0.1) is 0 Å². The number of hydrogen-bond donors (Lipinski definition) is 0. The molecule has 74 heavy (non-hydrogen) atoms. The van der Waals surface area contributed by atoms with E-state index in [1.807, 2.05) is 0 Å². The van der Waals surface area contributed by atoms with Gasteiger partial charge in [-0.2, -0.15) is 0 Å². The third-order valence-electron chi connectivity index (χ3n) is 17.0. The Morgan fingerprint density at radius 1 is 0.284 bits per heavy atom. The molecular weight excluding hydrogens is 901 g/mol. The van der Waals surface area contributed by atoms with Crippen molar-refractivity contribution in [1.82, 2.24) is 8.80 Å². The van der Waals surface area contributed by atoms with Crippen molar-refractivity contribution in [3.05, 3.63) is 263 Å². The fourth-order valence-corrected chi connectivity index (χ4v) is 13.7. The largest absolute Gasteiger partial charge is 0.456 e. The van der Waals surface area contributed by atoms with Crippen LogP contribution in [-0.2, 0) is 0 Å². The summed E-state index contributed by atoms with van der Waals surface area (Å²) in [5, 5.41) is 14.7. The molecule has 0 aliphatic carbocycles. The predicted octanol–water partition coefficient (Wildman–Crippen LogP) is 18.8. The average Bonchev–Trinajstić information content (AvgIpc) is 4.37. The van der Waals surface area contributed by atoms with E-state index in [4.69, 9.17) is 8.83 Å². The Hall–Kier alpha value is -9.38. The van der Waals surface area contributed by atoms with Gasteiger partial charge in [0.05, 0.1) is 33.1 Å². The summed E-state index contributed by atoms with van der Waals surface area (Å²) in [5.41, 5.74) is 21.1. The third-order valence-corrected chi connectivity index (χ3v) is 17.0. The van der Waals surface area contributed by atoms with E-state index in [1.165, 1.54) is 121 Å². The zero-order valence-corrected chi connectivity index (χ0v) is 40.7. The Balaban J connectivity index is 0.866. The lowest BCUT2D eigenvalue weighted by molar-refractivity contribution is 0.660. The minimum atomic E-state index is -0.0367. The summed E-state index contributed by atoms with van der Waals surface area (Å²) in [6.45, 7) is 4.46. The van der Waals surface area contributed by atoms with Crippen molar-refractivity contribution in [2.75, 3.05) is 0 Å². The highest BCUT2D eigenvalue weighted by atomic mass is 16.3. The maximum atomic E-state index is 6.74. The normalized spacial score (nSPS) is 13.4. The molecule has 0 spiro atoms. The molecule has 0 fully saturated rings. The highest BCUT2D eigenvalue weighted by molar-refractivity contribution is 6.29. The molecule has 17 aromatic rings. The molecule has 0 bridgehead atoms. The monoisotopic (exact) mass is 944 g/mol. The van der Waals surface area contributed by atoms with Crippen molar-refractivity contribution in [3.63, 3.8) is 0 Å². The van der Waals surface area contributed by atoms with Gasteiger partial charge >= 0.3 is 0 Å². The summed E-state index contributed by atoms with van der Waals surface area (Å²) in [6.07, 6.45) is 0. The van der Waals surface area contributed by atoms with E-state index in [1.54, 1.807) is 0 Å². The topological polar surface area (TPSA) is 35.1 Å². The third kappa shape index (κ3) is 5.26. The second kappa shape index (κ2) is 14.6. The van der Waals surface area contributed by atoms with Crippen molar-refractivity contribution >= 4 is 120 Å². The van der Waals surface area contributed by atoms with E-state index in [2.05, 4.69) is 241 Å². The standard InChI is InChI=1S/C70H44N2O2/c1-39-15-3-5-17-43(39)65(53-27-13-25-51-45-19-7-9-29-63(45)73-69(51)53)41-31-33-59-55(35-41)47-21-11-23-49-57-38-62-58(37-61(57)71(59)67(47)49)50-24-12-22-48-56-36-42(32-34-60(56)72(62)68(48)50)66(44-18-6-4-16-40(44)2)54-28-14-26-52-46-20-8-10-30-64(46)74-70(52)54/h3-38,65-66H,1-2H3. The van der Waals surface area contributed by atoms with Gasteiger partial charge in [0.25, 0.3) is 0 Å². The quantitative estimate of drug-likeness (QED) is 0.156. The summed E-state index contributed by atoms with van der Waals surface area (Å²) >= 11 is 0. The van der Waals surface area contributed by atoms with Gasteiger partial charge in [-0.1, -0.05) is 170 Å². The van der Waals surface area contributed by atoms with Crippen LogP contribution in [-0.4, -0.2) is 8.80 Å². The molecule has 4 nitrogen and oxygen atoms in total. The molecule has 6 heterocycles. The van der Waals surface area contributed by atoms with Crippen molar-refractivity contribution < 1.29 is 8.83 Å². The molecule has 2 atom stereocenters. The molecule has 0 amide bonds. The van der Waals surface area contributed by atoms with Crippen molar-refractivity contribution in [1.29, 1.82) is 0 Å². The molecule has 0 radical (unpaired) electrons. The number of benzene rings is 11. The molecular formula is C70H44N2O2. The van der Waals surface area contributed by atoms with Gasteiger partial charge < -0.3 is 17.6 Å². The first-order chi connectivity index (χ1) is 36.6. The van der Waals surface area contributed by atoms with Gasteiger partial charge in [0.15, 0.2) is 0 Å². The predicted molar refractivity (Wildman–Crippen MR) is 307 cm³/mol. The molecule has 0 aliphatic rings. The fraction of sp³-hybridized carbons (Fsp3) is 0.0571. The van der Waals surface area contributed by atoms with Gasteiger partial charge in [0.1, 0.15) is 22.3 Å². The first kappa shape index (κ1) is 40.2. The van der Waals surface area contributed by atoms with Gasteiger partial charge in [-0.05, 0) is 95.8 Å². The highest BCUT2D eigenvalue weighted by Gasteiger charge is 2.29.